The summed E-state index contributed by atoms with van der Waals surface area (Å²) in [5.41, 5.74) is -0.202. The fourth-order valence-corrected chi connectivity index (χ4v) is 14.5. The van der Waals surface area contributed by atoms with Gasteiger partial charge < -0.3 is 13.9 Å². The lowest BCUT2D eigenvalue weighted by Gasteiger charge is -2.61. The Morgan fingerprint density at radius 2 is 1.28 bits per heavy atom. The number of ether oxygens (including phenoxy) is 2. The van der Waals surface area contributed by atoms with Crippen molar-refractivity contribution in [3.63, 3.8) is 0 Å². The second kappa shape index (κ2) is 11.7. The minimum atomic E-state index is -2.82. The predicted octanol–water partition coefficient (Wildman–Crippen LogP) is 6.92. The molecule has 1 aliphatic carbocycles. The molecule has 3 atom stereocenters. The molecule has 0 aromatic heterocycles. The summed E-state index contributed by atoms with van der Waals surface area (Å²) in [7, 11) is -2.82. The van der Waals surface area contributed by atoms with Crippen molar-refractivity contribution in [3.8, 4) is 0 Å². The number of rotatable bonds is 8. The quantitative estimate of drug-likeness (QED) is 0.244. The standard InChI is InChI=1S/C38H49NO5SSi/c1-34(2,3)46(28-21-15-11-16-22-28,29-23-17-12-18-24-29)41-26-30-31(43-37(8,9)42-30)32-39(25-27-19-13-10-14-20-27)44-38(45-32)35(4,5)33(40)36(38,6)7/h10-24,30-32H,25-26H2,1-9H3/t30-,31-,32-/m0/s1. The first kappa shape index (κ1) is 33.6. The molecule has 0 unspecified atom stereocenters. The molecule has 0 bridgehead atoms. The van der Waals surface area contributed by atoms with Crippen LogP contribution in [0.4, 0.5) is 0 Å². The first-order chi connectivity index (χ1) is 21.6. The Morgan fingerprint density at radius 1 is 0.783 bits per heavy atom. The van der Waals surface area contributed by atoms with Crippen molar-refractivity contribution in [1.82, 2.24) is 5.06 Å². The highest BCUT2D eigenvalue weighted by Crippen LogP contribution is 2.70. The summed E-state index contributed by atoms with van der Waals surface area (Å²) in [4.78, 5) is 19.7. The average Bonchev–Trinajstić information content (AvgIpc) is 3.56. The van der Waals surface area contributed by atoms with Crippen LogP contribution in [0.25, 0.3) is 0 Å². The molecule has 0 radical (unpaired) electrons. The van der Waals surface area contributed by atoms with E-state index in [0.29, 0.717) is 13.2 Å². The molecule has 1 spiro atoms. The molecule has 2 saturated heterocycles. The van der Waals surface area contributed by atoms with Crippen LogP contribution in [0.2, 0.25) is 5.04 Å². The first-order valence-corrected chi connectivity index (χ1v) is 19.2. The molecule has 2 aliphatic heterocycles. The third-order valence-electron chi connectivity index (χ3n) is 10.2. The SMILES string of the molecule is CC1(C)O[C@H]([C@@H]2SC3(ON2Cc2ccccc2)C(C)(C)C(=O)C3(C)C)[C@H](CO[Si](c2ccccc2)(c2ccccc2)C(C)(C)C)O1. The number of nitrogens with zero attached hydrogens (tertiary/aromatic N) is 1. The summed E-state index contributed by atoms with van der Waals surface area (Å²) in [6.45, 7) is 19.8. The number of carbonyl (C=O) groups excluding carboxylic acids is 1. The molecule has 0 N–H and O–H groups in total. The van der Waals surface area contributed by atoms with Crippen LogP contribution in [0.15, 0.2) is 91.0 Å². The topological polar surface area (TPSA) is 57.2 Å². The molecule has 6 nitrogen and oxygen atoms in total. The molecule has 2 heterocycles. The number of hydrogen-bond acceptors (Lipinski definition) is 7. The molecule has 3 fully saturated rings. The van der Waals surface area contributed by atoms with E-state index in [1.807, 2.05) is 64.8 Å². The molecule has 6 rings (SSSR count). The van der Waals surface area contributed by atoms with E-state index in [4.69, 9.17) is 18.7 Å². The van der Waals surface area contributed by atoms with Crippen molar-refractivity contribution in [3.05, 3.63) is 96.6 Å². The minimum Gasteiger partial charge on any atom is -0.405 e. The van der Waals surface area contributed by atoms with E-state index in [2.05, 4.69) is 93.6 Å². The maximum Gasteiger partial charge on any atom is 0.261 e. The minimum absolute atomic E-state index is 0.171. The molecule has 3 aliphatic rings. The number of benzene rings is 3. The number of ketones is 1. The number of thioether (sulfide) groups is 1. The van der Waals surface area contributed by atoms with Crippen LogP contribution in [0.1, 0.15) is 67.9 Å². The van der Waals surface area contributed by atoms with E-state index in [1.54, 1.807) is 11.8 Å². The third-order valence-corrected chi connectivity index (χ3v) is 17.3. The Labute approximate surface area is 280 Å². The maximum absolute atomic E-state index is 13.4. The Balaban J connectivity index is 1.38. The van der Waals surface area contributed by atoms with E-state index in [9.17, 15) is 4.79 Å². The molecule has 3 aromatic rings. The summed E-state index contributed by atoms with van der Waals surface area (Å²) < 4.78 is 20.9. The molecular weight excluding hydrogens is 611 g/mol. The van der Waals surface area contributed by atoms with Crippen LogP contribution in [0.3, 0.4) is 0 Å². The summed E-state index contributed by atoms with van der Waals surface area (Å²) in [6, 6.07) is 31.7. The molecule has 1 saturated carbocycles. The summed E-state index contributed by atoms with van der Waals surface area (Å²) in [5, 5.41) is 4.09. The van der Waals surface area contributed by atoms with Crippen LogP contribution >= 0.6 is 11.8 Å². The second-order valence-corrected chi connectivity index (χ2v) is 21.1. The zero-order chi connectivity index (χ0) is 33.2. The van der Waals surface area contributed by atoms with Gasteiger partial charge in [-0.15, -0.1) is 0 Å². The van der Waals surface area contributed by atoms with Gasteiger partial charge >= 0.3 is 0 Å². The van der Waals surface area contributed by atoms with E-state index in [0.717, 1.165) is 5.56 Å². The summed E-state index contributed by atoms with van der Waals surface area (Å²) in [6.07, 6.45) is -0.739. The van der Waals surface area contributed by atoms with Gasteiger partial charge in [-0.05, 0) is 62.5 Å². The van der Waals surface area contributed by atoms with Crippen LogP contribution in [0.5, 0.6) is 0 Å². The van der Waals surface area contributed by atoms with Gasteiger partial charge in [0.2, 0.25) is 0 Å². The second-order valence-electron chi connectivity index (χ2n) is 15.5. The molecule has 3 aromatic carbocycles. The van der Waals surface area contributed by atoms with Crippen molar-refractivity contribution < 1.29 is 23.5 Å². The lowest BCUT2D eigenvalue weighted by molar-refractivity contribution is -0.293. The van der Waals surface area contributed by atoms with E-state index >= 15 is 0 Å². The van der Waals surface area contributed by atoms with Crippen molar-refractivity contribution in [2.45, 2.75) is 102 Å². The van der Waals surface area contributed by atoms with Gasteiger partial charge in [-0.25, -0.2) is 0 Å². The van der Waals surface area contributed by atoms with Crippen molar-refractivity contribution in [1.29, 1.82) is 0 Å². The number of carbonyl (C=O) groups is 1. The Bertz CT molecular complexity index is 1480. The predicted molar refractivity (Wildman–Crippen MR) is 187 cm³/mol. The Hall–Kier alpha value is -2.30. The Kier molecular flexibility index (Phi) is 8.53. The van der Waals surface area contributed by atoms with Crippen LogP contribution in [-0.2, 0) is 30.1 Å². The van der Waals surface area contributed by atoms with Gasteiger partial charge in [-0.2, -0.15) is 5.06 Å². The maximum atomic E-state index is 13.4. The lowest BCUT2D eigenvalue weighted by Crippen LogP contribution is -2.72. The highest BCUT2D eigenvalue weighted by Gasteiger charge is 2.78. The highest BCUT2D eigenvalue weighted by molar-refractivity contribution is 8.01. The van der Waals surface area contributed by atoms with Gasteiger partial charge in [0.25, 0.3) is 8.32 Å². The number of hydroxylamine groups is 2. The van der Waals surface area contributed by atoms with Crippen LogP contribution in [0, 0.1) is 10.8 Å². The van der Waals surface area contributed by atoms with E-state index in [-0.39, 0.29) is 28.4 Å². The lowest BCUT2D eigenvalue weighted by atomic mass is 9.51. The fourth-order valence-electron chi connectivity index (χ4n) is 8.11. The zero-order valence-corrected chi connectivity index (χ0v) is 30.5. The van der Waals surface area contributed by atoms with E-state index < -0.39 is 29.9 Å². The Morgan fingerprint density at radius 3 is 1.78 bits per heavy atom. The van der Waals surface area contributed by atoms with Gasteiger partial charge in [-0.1, -0.05) is 124 Å². The average molecular weight is 660 g/mol. The highest BCUT2D eigenvalue weighted by atomic mass is 32.2. The van der Waals surface area contributed by atoms with Gasteiger partial charge in [0.1, 0.15) is 17.6 Å². The number of Topliss-reactive ketones (excluding diaryl/α,β-unsaturated/α-hetero) is 1. The van der Waals surface area contributed by atoms with Gasteiger partial charge in [0.05, 0.1) is 24.0 Å². The number of hydrogen-bond donors (Lipinski definition) is 0. The molecular formula is C38H49NO5SSi. The summed E-state index contributed by atoms with van der Waals surface area (Å²) >= 11 is 1.71. The molecule has 0 amide bonds. The monoisotopic (exact) mass is 659 g/mol. The van der Waals surface area contributed by atoms with Gasteiger partial charge in [-0.3, -0.25) is 9.63 Å². The van der Waals surface area contributed by atoms with Crippen LogP contribution < -0.4 is 10.4 Å². The fraction of sp³-hybridized carbons (Fsp3) is 0.500. The third kappa shape index (κ3) is 5.25. The van der Waals surface area contributed by atoms with Gasteiger partial charge in [0, 0.05) is 0 Å². The smallest absolute Gasteiger partial charge is 0.261 e. The van der Waals surface area contributed by atoms with E-state index in [1.165, 1.54) is 10.4 Å². The molecule has 246 valence electrons. The van der Waals surface area contributed by atoms with Crippen molar-refractivity contribution in [2.75, 3.05) is 6.61 Å². The normalized spacial score (nSPS) is 26.7. The first-order valence-electron chi connectivity index (χ1n) is 16.4. The molecule has 46 heavy (non-hydrogen) atoms. The summed E-state index contributed by atoms with van der Waals surface area (Å²) in [5.74, 6) is -0.609. The van der Waals surface area contributed by atoms with Crippen molar-refractivity contribution in [2.24, 2.45) is 10.8 Å². The molecule has 8 heteroatoms. The zero-order valence-electron chi connectivity index (χ0n) is 28.7. The van der Waals surface area contributed by atoms with Crippen LogP contribution in [-0.4, -0.2) is 54.1 Å². The van der Waals surface area contributed by atoms with Gasteiger partial charge in [0.15, 0.2) is 16.5 Å². The van der Waals surface area contributed by atoms with Crippen molar-refractivity contribution >= 4 is 36.2 Å². The largest absolute Gasteiger partial charge is 0.405 e.